The van der Waals surface area contributed by atoms with Crippen LogP contribution in [0.25, 0.3) is 0 Å². The highest BCUT2D eigenvalue weighted by molar-refractivity contribution is 9.10. The zero-order chi connectivity index (χ0) is 14.4. The summed E-state index contributed by atoms with van der Waals surface area (Å²) in [6, 6.07) is 17.3. The normalized spacial score (nSPS) is 11.7. The molecule has 0 bridgehead atoms. The largest absolute Gasteiger partial charge is 0.446 e. The minimum absolute atomic E-state index is 0.173. The maximum absolute atomic E-state index is 11.8. The lowest BCUT2D eigenvalue weighted by Crippen LogP contribution is -2.21. The Morgan fingerprint density at radius 2 is 1.80 bits per heavy atom. The number of halogens is 1. The average molecular weight is 334 g/mol. The standard InChI is InChI=1S/C16H16BrNO2/c1-12(11-13-5-3-2-4-6-13)20-16(19)18-15-9-7-14(17)8-10-15/h2-10,12H,11H2,1H3,(H,18,19). The number of hydrogen-bond donors (Lipinski definition) is 1. The topological polar surface area (TPSA) is 38.3 Å². The fraction of sp³-hybridized carbons (Fsp3) is 0.188. The first-order chi connectivity index (χ1) is 9.63. The Balaban J connectivity index is 1.83. The van der Waals surface area contributed by atoms with E-state index in [0.717, 1.165) is 10.0 Å². The molecule has 0 spiro atoms. The van der Waals surface area contributed by atoms with E-state index in [9.17, 15) is 4.79 Å². The minimum Gasteiger partial charge on any atom is -0.446 e. The molecular formula is C16H16BrNO2. The van der Waals surface area contributed by atoms with Gasteiger partial charge in [-0.25, -0.2) is 4.79 Å². The third kappa shape index (κ3) is 4.70. The van der Waals surface area contributed by atoms with E-state index < -0.39 is 6.09 Å². The molecule has 2 aromatic carbocycles. The summed E-state index contributed by atoms with van der Waals surface area (Å²) in [7, 11) is 0. The van der Waals surface area contributed by atoms with Crippen LogP contribution < -0.4 is 5.32 Å². The van der Waals surface area contributed by atoms with Crippen LogP contribution in [-0.4, -0.2) is 12.2 Å². The van der Waals surface area contributed by atoms with Crippen LogP contribution >= 0.6 is 15.9 Å². The van der Waals surface area contributed by atoms with Gasteiger partial charge in [0.2, 0.25) is 0 Å². The van der Waals surface area contributed by atoms with Crippen LogP contribution in [0.2, 0.25) is 0 Å². The predicted molar refractivity (Wildman–Crippen MR) is 83.9 cm³/mol. The van der Waals surface area contributed by atoms with Crippen molar-refractivity contribution in [3.8, 4) is 0 Å². The van der Waals surface area contributed by atoms with Crippen molar-refractivity contribution < 1.29 is 9.53 Å². The lowest BCUT2D eigenvalue weighted by Gasteiger charge is -2.14. The lowest BCUT2D eigenvalue weighted by atomic mass is 10.1. The zero-order valence-electron chi connectivity index (χ0n) is 11.2. The summed E-state index contributed by atoms with van der Waals surface area (Å²) >= 11 is 3.35. The van der Waals surface area contributed by atoms with Crippen LogP contribution in [0.3, 0.4) is 0 Å². The highest BCUT2D eigenvalue weighted by Gasteiger charge is 2.10. The van der Waals surface area contributed by atoms with Gasteiger partial charge in [-0.2, -0.15) is 0 Å². The molecule has 0 fully saturated rings. The molecule has 0 saturated heterocycles. The molecule has 2 aromatic rings. The Morgan fingerprint density at radius 3 is 2.45 bits per heavy atom. The summed E-state index contributed by atoms with van der Waals surface area (Å²) in [5.41, 5.74) is 1.86. The third-order valence-electron chi connectivity index (χ3n) is 2.76. The Morgan fingerprint density at radius 1 is 1.15 bits per heavy atom. The summed E-state index contributed by atoms with van der Waals surface area (Å²) in [5, 5.41) is 2.70. The average Bonchev–Trinajstić information content (AvgIpc) is 2.42. The van der Waals surface area contributed by atoms with Crippen molar-refractivity contribution in [2.75, 3.05) is 5.32 Å². The number of nitrogens with one attached hydrogen (secondary N) is 1. The molecular weight excluding hydrogens is 318 g/mol. The molecule has 0 heterocycles. The zero-order valence-corrected chi connectivity index (χ0v) is 12.8. The Bertz CT molecular complexity index is 554. The number of anilines is 1. The first kappa shape index (κ1) is 14.6. The van der Waals surface area contributed by atoms with Gasteiger partial charge in [0, 0.05) is 16.6 Å². The Labute approximate surface area is 127 Å². The summed E-state index contributed by atoms with van der Waals surface area (Å²) in [6.07, 6.45) is 0.0952. The van der Waals surface area contributed by atoms with Crippen LogP contribution in [0, 0.1) is 0 Å². The van der Waals surface area contributed by atoms with Gasteiger partial charge in [0.25, 0.3) is 0 Å². The molecule has 0 aliphatic carbocycles. The second kappa shape index (κ2) is 7.10. The smallest absolute Gasteiger partial charge is 0.411 e. The van der Waals surface area contributed by atoms with Gasteiger partial charge in [0.1, 0.15) is 6.10 Å². The maximum Gasteiger partial charge on any atom is 0.411 e. The van der Waals surface area contributed by atoms with Crippen LogP contribution in [0.15, 0.2) is 59.1 Å². The molecule has 2 rings (SSSR count). The number of carbonyl (C=O) groups is 1. The fourth-order valence-electron chi connectivity index (χ4n) is 1.85. The van der Waals surface area contributed by atoms with E-state index in [-0.39, 0.29) is 6.10 Å². The molecule has 3 nitrogen and oxygen atoms in total. The Hall–Kier alpha value is -1.81. The van der Waals surface area contributed by atoms with E-state index in [1.807, 2.05) is 61.5 Å². The second-order valence-corrected chi connectivity index (χ2v) is 5.45. The molecule has 0 aliphatic rings. The van der Waals surface area contributed by atoms with Gasteiger partial charge in [-0.3, -0.25) is 5.32 Å². The number of ether oxygens (including phenoxy) is 1. The molecule has 1 N–H and O–H groups in total. The second-order valence-electron chi connectivity index (χ2n) is 4.54. The van der Waals surface area contributed by atoms with E-state index in [4.69, 9.17) is 4.74 Å². The van der Waals surface area contributed by atoms with E-state index >= 15 is 0 Å². The van der Waals surface area contributed by atoms with Gasteiger partial charge < -0.3 is 4.74 Å². The number of rotatable bonds is 4. The van der Waals surface area contributed by atoms with Crippen LogP contribution in [0.4, 0.5) is 10.5 Å². The summed E-state index contributed by atoms with van der Waals surface area (Å²) < 4.78 is 6.29. The molecule has 0 saturated carbocycles. The number of amides is 1. The monoisotopic (exact) mass is 333 g/mol. The first-order valence-electron chi connectivity index (χ1n) is 6.40. The van der Waals surface area contributed by atoms with E-state index in [1.165, 1.54) is 0 Å². The highest BCUT2D eigenvalue weighted by Crippen LogP contribution is 2.14. The third-order valence-corrected chi connectivity index (χ3v) is 3.29. The number of carbonyl (C=O) groups excluding carboxylic acids is 1. The van der Waals surface area contributed by atoms with E-state index in [0.29, 0.717) is 12.1 Å². The fourth-order valence-corrected chi connectivity index (χ4v) is 2.12. The van der Waals surface area contributed by atoms with Crippen molar-refractivity contribution >= 4 is 27.7 Å². The maximum atomic E-state index is 11.8. The van der Waals surface area contributed by atoms with Crippen molar-refractivity contribution in [3.63, 3.8) is 0 Å². The quantitative estimate of drug-likeness (QED) is 0.885. The van der Waals surface area contributed by atoms with Crippen LogP contribution in [0.1, 0.15) is 12.5 Å². The Kier molecular flexibility index (Phi) is 5.18. The van der Waals surface area contributed by atoms with Gasteiger partial charge in [0.05, 0.1) is 0 Å². The molecule has 20 heavy (non-hydrogen) atoms. The molecule has 0 radical (unpaired) electrons. The molecule has 1 amide bonds. The molecule has 1 atom stereocenters. The van der Waals surface area contributed by atoms with E-state index in [2.05, 4.69) is 21.2 Å². The number of hydrogen-bond acceptors (Lipinski definition) is 2. The van der Waals surface area contributed by atoms with Gasteiger partial charge >= 0.3 is 6.09 Å². The van der Waals surface area contributed by atoms with Gasteiger partial charge in [-0.1, -0.05) is 46.3 Å². The van der Waals surface area contributed by atoms with Crippen molar-refractivity contribution in [1.82, 2.24) is 0 Å². The van der Waals surface area contributed by atoms with Gasteiger partial charge in [-0.05, 0) is 36.8 Å². The summed E-state index contributed by atoms with van der Waals surface area (Å²) in [4.78, 5) is 11.8. The van der Waals surface area contributed by atoms with Crippen LogP contribution in [0.5, 0.6) is 0 Å². The molecule has 1 unspecified atom stereocenters. The highest BCUT2D eigenvalue weighted by atomic mass is 79.9. The van der Waals surface area contributed by atoms with Crippen molar-refractivity contribution in [2.24, 2.45) is 0 Å². The van der Waals surface area contributed by atoms with Crippen molar-refractivity contribution in [1.29, 1.82) is 0 Å². The van der Waals surface area contributed by atoms with E-state index in [1.54, 1.807) is 0 Å². The van der Waals surface area contributed by atoms with Gasteiger partial charge in [-0.15, -0.1) is 0 Å². The summed E-state index contributed by atoms with van der Waals surface area (Å²) in [6.45, 7) is 1.88. The molecule has 0 aliphatic heterocycles. The lowest BCUT2D eigenvalue weighted by molar-refractivity contribution is 0.120. The molecule has 104 valence electrons. The predicted octanol–water partition coefficient (Wildman–Crippen LogP) is 4.63. The molecule has 0 aromatic heterocycles. The van der Waals surface area contributed by atoms with Gasteiger partial charge in [0.15, 0.2) is 0 Å². The first-order valence-corrected chi connectivity index (χ1v) is 7.20. The minimum atomic E-state index is -0.434. The van der Waals surface area contributed by atoms with Crippen LogP contribution in [-0.2, 0) is 11.2 Å². The number of benzene rings is 2. The summed E-state index contributed by atoms with van der Waals surface area (Å²) in [5.74, 6) is 0. The SMILES string of the molecule is CC(Cc1ccccc1)OC(=O)Nc1ccc(Br)cc1. The molecule has 4 heteroatoms. The van der Waals surface area contributed by atoms with Crippen molar-refractivity contribution in [3.05, 3.63) is 64.6 Å². The van der Waals surface area contributed by atoms with Crippen molar-refractivity contribution in [2.45, 2.75) is 19.4 Å².